The van der Waals surface area contributed by atoms with E-state index in [0.29, 0.717) is 6.04 Å². The molecule has 0 bridgehead atoms. The number of hydrogen-bond acceptors (Lipinski definition) is 3. The molecular formula is C15H22N4. The van der Waals surface area contributed by atoms with Gasteiger partial charge in [0.05, 0.1) is 0 Å². The first-order chi connectivity index (χ1) is 9.25. The van der Waals surface area contributed by atoms with Crippen LogP contribution in [0.25, 0.3) is 10.9 Å². The number of para-hydroxylation sites is 1. The third-order valence-electron chi connectivity index (χ3n) is 4.19. The normalized spacial score (nSPS) is 22.7. The third-order valence-corrected chi connectivity index (χ3v) is 4.19. The molecule has 1 aromatic heterocycles. The number of rotatable bonds is 3. The van der Waals surface area contributed by atoms with E-state index in [1.54, 1.807) is 0 Å². The maximum Gasteiger partial charge on any atom is 0.0457 e. The van der Waals surface area contributed by atoms with Crippen molar-refractivity contribution in [3.8, 4) is 0 Å². The van der Waals surface area contributed by atoms with Gasteiger partial charge in [-0.05, 0) is 25.1 Å². The lowest BCUT2D eigenvalue weighted by Gasteiger charge is -2.34. The van der Waals surface area contributed by atoms with Crippen molar-refractivity contribution in [1.29, 1.82) is 0 Å². The number of nitrogens with one attached hydrogen (secondary N) is 2. The fourth-order valence-electron chi connectivity index (χ4n) is 2.95. The second-order valence-corrected chi connectivity index (χ2v) is 5.47. The highest BCUT2D eigenvalue weighted by atomic mass is 15.2. The van der Waals surface area contributed by atoms with E-state index in [9.17, 15) is 0 Å². The molecule has 1 aromatic carbocycles. The number of aromatic nitrogens is 1. The highest BCUT2D eigenvalue weighted by Gasteiger charge is 2.22. The minimum atomic E-state index is 0.0866. The van der Waals surface area contributed by atoms with E-state index in [0.717, 1.165) is 26.1 Å². The lowest BCUT2D eigenvalue weighted by Crippen LogP contribution is -2.50. The van der Waals surface area contributed by atoms with Crippen LogP contribution in [0.3, 0.4) is 0 Å². The number of aromatic amines is 1. The molecule has 3 rings (SSSR count). The molecule has 102 valence electrons. The number of H-pyrrole nitrogens is 1. The molecule has 2 atom stereocenters. The summed E-state index contributed by atoms with van der Waals surface area (Å²) in [5.41, 5.74) is 8.82. The molecule has 0 saturated carbocycles. The van der Waals surface area contributed by atoms with E-state index in [2.05, 4.69) is 46.6 Å². The maximum atomic E-state index is 6.42. The Labute approximate surface area is 114 Å². The van der Waals surface area contributed by atoms with Crippen LogP contribution >= 0.6 is 0 Å². The van der Waals surface area contributed by atoms with Crippen molar-refractivity contribution in [2.75, 3.05) is 26.7 Å². The van der Waals surface area contributed by atoms with E-state index in [1.165, 1.54) is 16.5 Å². The minimum Gasteiger partial charge on any atom is -0.361 e. The largest absolute Gasteiger partial charge is 0.361 e. The standard InChI is InChI=1S/C15H22N4/c1-19-7-6-17-9-11(19)8-14(16)13-10-18-15-5-3-2-4-12(13)15/h2-5,10-11,14,17-18H,6-9,16H2,1H3. The molecule has 1 fully saturated rings. The highest BCUT2D eigenvalue weighted by Crippen LogP contribution is 2.26. The third kappa shape index (κ3) is 2.52. The number of piperazine rings is 1. The van der Waals surface area contributed by atoms with Gasteiger partial charge in [0.1, 0.15) is 0 Å². The number of likely N-dealkylation sites (N-methyl/N-ethyl adjacent to an activating group) is 1. The monoisotopic (exact) mass is 258 g/mol. The van der Waals surface area contributed by atoms with Crippen molar-refractivity contribution in [2.45, 2.75) is 18.5 Å². The minimum absolute atomic E-state index is 0.0866. The predicted octanol–water partition coefficient (Wildman–Crippen LogP) is 1.46. The summed E-state index contributed by atoms with van der Waals surface area (Å²) in [5.74, 6) is 0. The van der Waals surface area contributed by atoms with Crippen molar-refractivity contribution in [3.63, 3.8) is 0 Å². The van der Waals surface area contributed by atoms with E-state index in [1.807, 2.05) is 6.07 Å². The molecule has 1 saturated heterocycles. The smallest absolute Gasteiger partial charge is 0.0457 e. The van der Waals surface area contributed by atoms with Crippen LogP contribution in [0.15, 0.2) is 30.5 Å². The zero-order valence-corrected chi connectivity index (χ0v) is 11.4. The zero-order chi connectivity index (χ0) is 13.2. The van der Waals surface area contributed by atoms with Crippen LogP contribution < -0.4 is 11.1 Å². The number of nitrogens with two attached hydrogens (primary N) is 1. The Hall–Kier alpha value is -1.36. The fourth-order valence-corrected chi connectivity index (χ4v) is 2.95. The van der Waals surface area contributed by atoms with Crippen molar-refractivity contribution >= 4 is 10.9 Å². The first kappa shape index (κ1) is 12.7. The summed E-state index contributed by atoms with van der Waals surface area (Å²) >= 11 is 0. The molecule has 1 aliphatic rings. The highest BCUT2D eigenvalue weighted by molar-refractivity contribution is 5.83. The van der Waals surface area contributed by atoms with Gasteiger partial charge in [0.2, 0.25) is 0 Å². The molecule has 1 aliphatic heterocycles. The molecule has 0 spiro atoms. The van der Waals surface area contributed by atoms with Crippen LogP contribution in [0, 0.1) is 0 Å². The Morgan fingerprint density at radius 3 is 3.11 bits per heavy atom. The van der Waals surface area contributed by atoms with Crippen LogP contribution in [0.5, 0.6) is 0 Å². The van der Waals surface area contributed by atoms with Gasteiger partial charge in [-0.1, -0.05) is 18.2 Å². The number of benzene rings is 1. The Kier molecular flexibility index (Phi) is 3.55. The van der Waals surface area contributed by atoms with E-state index >= 15 is 0 Å². The van der Waals surface area contributed by atoms with Crippen LogP contribution in [0.2, 0.25) is 0 Å². The fraction of sp³-hybridized carbons (Fsp3) is 0.467. The second-order valence-electron chi connectivity index (χ2n) is 5.47. The lowest BCUT2D eigenvalue weighted by molar-refractivity contribution is 0.182. The molecule has 0 aliphatic carbocycles. The molecule has 0 amide bonds. The van der Waals surface area contributed by atoms with Gasteiger partial charge in [0.15, 0.2) is 0 Å². The summed E-state index contributed by atoms with van der Waals surface area (Å²) in [6.07, 6.45) is 3.05. The molecule has 4 N–H and O–H groups in total. The van der Waals surface area contributed by atoms with Gasteiger partial charge in [0.25, 0.3) is 0 Å². The Morgan fingerprint density at radius 1 is 1.42 bits per heavy atom. The molecule has 0 radical (unpaired) electrons. The van der Waals surface area contributed by atoms with Crippen molar-refractivity contribution in [3.05, 3.63) is 36.0 Å². The van der Waals surface area contributed by atoms with Crippen LogP contribution in [0.4, 0.5) is 0 Å². The van der Waals surface area contributed by atoms with E-state index in [4.69, 9.17) is 5.73 Å². The molecular weight excluding hydrogens is 236 g/mol. The van der Waals surface area contributed by atoms with Gasteiger partial charge in [0, 0.05) is 48.8 Å². The predicted molar refractivity (Wildman–Crippen MR) is 79.1 cm³/mol. The lowest BCUT2D eigenvalue weighted by atomic mass is 9.98. The van der Waals surface area contributed by atoms with Gasteiger partial charge < -0.3 is 20.9 Å². The van der Waals surface area contributed by atoms with Gasteiger partial charge >= 0.3 is 0 Å². The Balaban J connectivity index is 1.78. The molecule has 4 heteroatoms. The summed E-state index contributed by atoms with van der Waals surface area (Å²) in [6.45, 7) is 3.22. The summed E-state index contributed by atoms with van der Waals surface area (Å²) in [5, 5.41) is 4.70. The second kappa shape index (κ2) is 5.33. The molecule has 2 unspecified atom stereocenters. The van der Waals surface area contributed by atoms with Gasteiger partial charge in [-0.3, -0.25) is 0 Å². The van der Waals surface area contributed by atoms with E-state index < -0.39 is 0 Å². The molecule has 19 heavy (non-hydrogen) atoms. The van der Waals surface area contributed by atoms with Crippen LogP contribution in [-0.2, 0) is 0 Å². The summed E-state index contributed by atoms with van der Waals surface area (Å²) in [7, 11) is 2.19. The van der Waals surface area contributed by atoms with Gasteiger partial charge in [-0.2, -0.15) is 0 Å². The molecule has 2 aromatic rings. The number of fused-ring (bicyclic) bond motifs is 1. The summed E-state index contributed by atoms with van der Waals surface area (Å²) < 4.78 is 0. The van der Waals surface area contributed by atoms with E-state index in [-0.39, 0.29) is 6.04 Å². The Bertz CT molecular complexity index is 548. The van der Waals surface area contributed by atoms with Crippen molar-refractivity contribution in [1.82, 2.24) is 15.2 Å². The van der Waals surface area contributed by atoms with Gasteiger partial charge in [-0.25, -0.2) is 0 Å². The quantitative estimate of drug-likeness (QED) is 0.781. The average Bonchev–Trinajstić information content (AvgIpc) is 2.85. The number of hydrogen-bond donors (Lipinski definition) is 3. The first-order valence-electron chi connectivity index (χ1n) is 6.98. The average molecular weight is 258 g/mol. The topological polar surface area (TPSA) is 57.1 Å². The van der Waals surface area contributed by atoms with Crippen LogP contribution in [0.1, 0.15) is 18.0 Å². The maximum absolute atomic E-state index is 6.42. The Morgan fingerprint density at radius 2 is 2.26 bits per heavy atom. The SMILES string of the molecule is CN1CCNCC1CC(N)c1c[nH]c2ccccc12. The van der Waals surface area contributed by atoms with Gasteiger partial charge in [-0.15, -0.1) is 0 Å². The molecule has 4 nitrogen and oxygen atoms in total. The van der Waals surface area contributed by atoms with Crippen LogP contribution in [-0.4, -0.2) is 42.6 Å². The summed E-state index contributed by atoms with van der Waals surface area (Å²) in [4.78, 5) is 5.72. The number of nitrogens with zero attached hydrogens (tertiary/aromatic N) is 1. The summed E-state index contributed by atoms with van der Waals surface area (Å²) in [6, 6.07) is 8.97. The molecule has 2 heterocycles. The van der Waals surface area contributed by atoms with Crippen molar-refractivity contribution in [2.24, 2.45) is 5.73 Å². The first-order valence-corrected chi connectivity index (χ1v) is 6.98. The van der Waals surface area contributed by atoms with Crippen molar-refractivity contribution < 1.29 is 0 Å². The zero-order valence-electron chi connectivity index (χ0n) is 11.4.